The molecule has 1 heterocycles. The first-order valence-corrected chi connectivity index (χ1v) is 11.2. The third kappa shape index (κ3) is 7.01. The van der Waals surface area contributed by atoms with E-state index in [0.717, 1.165) is 27.2 Å². The molecule has 0 spiro atoms. The Morgan fingerprint density at radius 3 is 2.42 bits per heavy atom. The average molecular weight is 460 g/mol. The summed E-state index contributed by atoms with van der Waals surface area (Å²) in [5, 5.41) is 21.0. The van der Waals surface area contributed by atoms with Crippen molar-refractivity contribution < 1.29 is 9.66 Å². The first kappa shape index (κ1) is 24.2. The summed E-state index contributed by atoms with van der Waals surface area (Å²) in [4.78, 5) is 15.6. The van der Waals surface area contributed by atoms with Crippen LogP contribution in [0.25, 0.3) is 11.6 Å². The molecule has 0 fully saturated rings. The van der Waals surface area contributed by atoms with Crippen molar-refractivity contribution in [3.8, 4) is 6.07 Å². The van der Waals surface area contributed by atoms with Crippen LogP contribution >= 0.6 is 11.8 Å². The van der Waals surface area contributed by atoms with E-state index in [0.29, 0.717) is 17.2 Å². The Labute approximate surface area is 198 Å². The third-order valence-corrected chi connectivity index (χ3v) is 5.75. The number of hydrogen-bond acceptors (Lipinski definition) is 6. The minimum Gasteiger partial charge on any atom is -0.371 e. The smallest absolute Gasteiger partial charge is 0.269 e. The number of non-ortho nitro benzene ring substituents is 1. The lowest BCUT2D eigenvalue weighted by Gasteiger charge is -2.19. The zero-order chi connectivity index (χ0) is 24.0. The Morgan fingerprint density at radius 2 is 1.85 bits per heavy atom. The second-order valence-corrected chi connectivity index (χ2v) is 9.57. The summed E-state index contributed by atoms with van der Waals surface area (Å²) in [7, 11) is 0. The summed E-state index contributed by atoms with van der Waals surface area (Å²) in [6, 6.07) is 18.4. The summed E-state index contributed by atoms with van der Waals surface area (Å²) >= 11 is 1.30. The van der Waals surface area contributed by atoms with Crippen LogP contribution in [-0.4, -0.2) is 15.5 Å². The van der Waals surface area contributed by atoms with Gasteiger partial charge in [-0.2, -0.15) is 5.26 Å². The normalized spacial score (nSPS) is 11.8. The molecule has 0 amide bonds. The van der Waals surface area contributed by atoms with Crippen LogP contribution < -0.4 is 0 Å². The molecule has 33 heavy (non-hydrogen) atoms. The van der Waals surface area contributed by atoms with Gasteiger partial charge in [0, 0.05) is 23.2 Å². The van der Waals surface area contributed by atoms with Gasteiger partial charge in [-0.3, -0.25) is 10.1 Å². The van der Waals surface area contributed by atoms with Gasteiger partial charge < -0.3 is 4.74 Å². The second-order valence-electron chi connectivity index (χ2n) is 8.51. The highest BCUT2D eigenvalue weighted by Crippen LogP contribution is 2.31. The minimum absolute atomic E-state index is 0.0264. The molecule has 168 valence electrons. The molecular weight excluding hydrogens is 434 g/mol. The molecule has 0 bridgehead atoms. The van der Waals surface area contributed by atoms with Gasteiger partial charge in [-0.15, -0.1) is 0 Å². The number of aromatic nitrogens is 1. The molecule has 0 N–H and O–H groups in total. The van der Waals surface area contributed by atoms with Crippen molar-refractivity contribution in [1.82, 2.24) is 4.98 Å². The van der Waals surface area contributed by atoms with E-state index in [2.05, 4.69) is 35.3 Å². The standard InChI is InChI=1S/C26H25N3O3S/c1-18(21-7-5-19(6-8-21)17-32-26(2,3)4)13-20-14-22(15-27)25(28-16-20)33-24-11-9-23(10-12-24)29(30)31/h5-14,16H,17H2,1-4H3/b18-13-. The minimum atomic E-state index is -0.440. The largest absolute Gasteiger partial charge is 0.371 e. The highest BCUT2D eigenvalue weighted by molar-refractivity contribution is 7.99. The maximum atomic E-state index is 10.8. The van der Waals surface area contributed by atoms with E-state index in [-0.39, 0.29) is 11.3 Å². The summed E-state index contributed by atoms with van der Waals surface area (Å²) in [6.07, 6.45) is 3.72. The molecule has 0 unspecified atom stereocenters. The van der Waals surface area contributed by atoms with Crippen molar-refractivity contribution in [2.75, 3.05) is 0 Å². The van der Waals surface area contributed by atoms with Gasteiger partial charge in [-0.25, -0.2) is 4.98 Å². The van der Waals surface area contributed by atoms with E-state index in [1.807, 2.05) is 33.8 Å². The Balaban J connectivity index is 1.74. The lowest BCUT2D eigenvalue weighted by atomic mass is 10.0. The summed E-state index contributed by atoms with van der Waals surface area (Å²) in [5.74, 6) is 0. The van der Waals surface area contributed by atoms with Crippen LogP contribution in [0.5, 0.6) is 0 Å². The fourth-order valence-electron chi connectivity index (χ4n) is 2.95. The highest BCUT2D eigenvalue weighted by atomic mass is 32.2. The average Bonchev–Trinajstić information content (AvgIpc) is 2.79. The van der Waals surface area contributed by atoms with Gasteiger partial charge in [-0.1, -0.05) is 36.0 Å². The molecule has 0 aliphatic heterocycles. The van der Waals surface area contributed by atoms with Gasteiger partial charge in [-0.05, 0) is 74.2 Å². The lowest BCUT2D eigenvalue weighted by molar-refractivity contribution is -0.384. The number of ether oxygens (including phenoxy) is 1. The van der Waals surface area contributed by atoms with Gasteiger partial charge in [0.05, 0.1) is 22.7 Å². The number of nitro groups is 1. The van der Waals surface area contributed by atoms with Crippen LogP contribution in [0, 0.1) is 21.4 Å². The van der Waals surface area contributed by atoms with Crippen LogP contribution in [0.2, 0.25) is 0 Å². The molecule has 0 radical (unpaired) electrons. The van der Waals surface area contributed by atoms with Crippen molar-refractivity contribution in [3.05, 3.63) is 93.2 Å². The van der Waals surface area contributed by atoms with E-state index in [1.54, 1.807) is 24.4 Å². The fourth-order valence-corrected chi connectivity index (χ4v) is 3.77. The molecule has 0 atom stereocenters. The van der Waals surface area contributed by atoms with Crippen LogP contribution in [0.15, 0.2) is 70.7 Å². The summed E-state index contributed by atoms with van der Waals surface area (Å²) < 4.78 is 5.82. The first-order valence-electron chi connectivity index (χ1n) is 10.4. The molecule has 0 aliphatic carbocycles. The number of nitro benzene ring substituents is 1. The topological polar surface area (TPSA) is 89.0 Å². The van der Waals surface area contributed by atoms with Crippen molar-refractivity contribution in [3.63, 3.8) is 0 Å². The van der Waals surface area contributed by atoms with Crippen LogP contribution in [-0.2, 0) is 11.3 Å². The fraction of sp³-hybridized carbons (Fsp3) is 0.231. The Hall–Kier alpha value is -3.47. The van der Waals surface area contributed by atoms with E-state index >= 15 is 0 Å². The molecule has 3 aromatic rings. The predicted octanol–water partition coefficient (Wildman–Crippen LogP) is 6.89. The van der Waals surface area contributed by atoms with Crippen molar-refractivity contribution >= 4 is 29.1 Å². The summed E-state index contributed by atoms with van der Waals surface area (Å²) in [5.41, 5.74) is 4.38. The van der Waals surface area contributed by atoms with Crippen molar-refractivity contribution in [1.29, 1.82) is 5.26 Å². The Bertz CT molecular complexity index is 1210. The molecule has 0 saturated heterocycles. The van der Waals surface area contributed by atoms with E-state index in [4.69, 9.17) is 4.74 Å². The Kier molecular flexibility index (Phi) is 7.64. The van der Waals surface area contributed by atoms with Crippen LogP contribution in [0.4, 0.5) is 5.69 Å². The number of nitrogens with zero attached hydrogens (tertiary/aromatic N) is 3. The second kappa shape index (κ2) is 10.4. The molecule has 0 saturated carbocycles. The molecule has 0 aliphatic rings. The maximum Gasteiger partial charge on any atom is 0.269 e. The van der Waals surface area contributed by atoms with Gasteiger partial charge in [0.25, 0.3) is 5.69 Å². The molecule has 2 aromatic carbocycles. The SMILES string of the molecule is C/C(=C/c1cnc(Sc2ccc([N+](=O)[O-])cc2)c(C#N)c1)c1ccc(COC(C)(C)C)cc1. The van der Waals surface area contributed by atoms with Gasteiger partial charge >= 0.3 is 0 Å². The first-order chi connectivity index (χ1) is 15.6. The highest BCUT2D eigenvalue weighted by Gasteiger charge is 2.11. The van der Waals surface area contributed by atoms with Gasteiger partial charge in [0.15, 0.2) is 0 Å². The third-order valence-electron chi connectivity index (χ3n) is 4.72. The van der Waals surface area contributed by atoms with Gasteiger partial charge in [0.1, 0.15) is 11.1 Å². The number of rotatable bonds is 7. The van der Waals surface area contributed by atoms with E-state index in [9.17, 15) is 15.4 Å². The Morgan fingerprint density at radius 1 is 1.18 bits per heavy atom. The van der Waals surface area contributed by atoms with E-state index in [1.165, 1.54) is 23.9 Å². The van der Waals surface area contributed by atoms with Crippen molar-refractivity contribution in [2.45, 2.75) is 49.8 Å². The molecule has 1 aromatic heterocycles. The predicted molar refractivity (Wildman–Crippen MR) is 131 cm³/mol. The zero-order valence-electron chi connectivity index (χ0n) is 19.0. The molecular formula is C26H25N3O3S. The number of pyridine rings is 1. The number of nitriles is 1. The van der Waals surface area contributed by atoms with E-state index < -0.39 is 4.92 Å². The monoisotopic (exact) mass is 459 g/mol. The lowest BCUT2D eigenvalue weighted by Crippen LogP contribution is -2.18. The summed E-state index contributed by atoms with van der Waals surface area (Å²) in [6.45, 7) is 8.69. The molecule has 3 rings (SSSR count). The number of allylic oxidation sites excluding steroid dienone is 1. The van der Waals surface area contributed by atoms with Crippen LogP contribution in [0.1, 0.15) is 49.9 Å². The van der Waals surface area contributed by atoms with Gasteiger partial charge in [0.2, 0.25) is 0 Å². The van der Waals surface area contributed by atoms with Crippen LogP contribution in [0.3, 0.4) is 0 Å². The zero-order valence-corrected chi connectivity index (χ0v) is 19.8. The van der Waals surface area contributed by atoms with Crippen molar-refractivity contribution in [2.24, 2.45) is 0 Å². The number of hydrogen-bond donors (Lipinski definition) is 0. The quantitative estimate of drug-likeness (QED) is 0.282. The molecule has 6 nitrogen and oxygen atoms in total. The maximum absolute atomic E-state index is 10.8. The molecule has 7 heteroatoms. The number of benzene rings is 2.